The quantitative estimate of drug-likeness (QED) is 0.524. The molecule has 0 saturated carbocycles. The number of halogens is 3. The summed E-state index contributed by atoms with van der Waals surface area (Å²) < 4.78 is 50.6. The van der Waals surface area contributed by atoms with E-state index in [0.29, 0.717) is 5.39 Å². The van der Waals surface area contributed by atoms with Crippen molar-refractivity contribution in [3.05, 3.63) is 71.5 Å². The van der Waals surface area contributed by atoms with E-state index >= 15 is 0 Å². The van der Waals surface area contributed by atoms with Crippen LogP contribution in [0, 0.1) is 17.5 Å². The SMILES string of the molecule is COc1ccc(C(=O)Oc2ccc3c(F)c(F)ccc3c2)c(F)c1. The molecule has 24 heavy (non-hydrogen) atoms. The summed E-state index contributed by atoms with van der Waals surface area (Å²) >= 11 is 0. The first-order valence-electron chi connectivity index (χ1n) is 6.93. The molecule has 122 valence electrons. The van der Waals surface area contributed by atoms with Crippen molar-refractivity contribution < 1.29 is 27.4 Å². The van der Waals surface area contributed by atoms with Gasteiger partial charge in [0.15, 0.2) is 11.6 Å². The minimum Gasteiger partial charge on any atom is -0.497 e. The van der Waals surface area contributed by atoms with E-state index in [1.54, 1.807) is 0 Å². The fraction of sp³-hybridized carbons (Fsp3) is 0.0556. The molecule has 0 radical (unpaired) electrons. The lowest BCUT2D eigenvalue weighted by molar-refractivity contribution is 0.0730. The van der Waals surface area contributed by atoms with Gasteiger partial charge in [0.05, 0.1) is 12.7 Å². The van der Waals surface area contributed by atoms with E-state index in [9.17, 15) is 18.0 Å². The summed E-state index contributed by atoms with van der Waals surface area (Å²) in [6.07, 6.45) is 0. The highest BCUT2D eigenvalue weighted by Crippen LogP contribution is 2.26. The Bertz CT molecular complexity index is 938. The molecule has 0 unspecified atom stereocenters. The molecule has 0 heterocycles. The van der Waals surface area contributed by atoms with Crippen LogP contribution in [0.15, 0.2) is 48.5 Å². The van der Waals surface area contributed by atoms with E-state index in [0.717, 1.165) is 12.1 Å². The number of carbonyl (C=O) groups excluding carboxylic acids is 1. The van der Waals surface area contributed by atoms with Gasteiger partial charge in [-0.2, -0.15) is 0 Å². The molecule has 0 aliphatic rings. The summed E-state index contributed by atoms with van der Waals surface area (Å²) in [6, 6.07) is 10.0. The molecule has 3 aromatic rings. The van der Waals surface area contributed by atoms with E-state index in [1.165, 1.54) is 43.5 Å². The first-order valence-corrected chi connectivity index (χ1v) is 6.93. The van der Waals surface area contributed by atoms with Crippen LogP contribution >= 0.6 is 0 Å². The number of hydrogen-bond donors (Lipinski definition) is 0. The maximum atomic E-state index is 13.9. The van der Waals surface area contributed by atoms with Crippen molar-refractivity contribution in [2.24, 2.45) is 0 Å². The first kappa shape index (κ1) is 15.9. The van der Waals surface area contributed by atoms with E-state index in [4.69, 9.17) is 9.47 Å². The highest BCUT2D eigenvalue weighted by Gasteiger charge is 2.16. The maximum absolute atomic E-state index is 13.9. The number of hydrogen-bond acceptors (Lipinski definition) is 3. The van der Waals surface area contributed by atoms with Crippen LogP contribution in [-0.4, -0.2) is 13.1 Å². The number of ether oxygens (including phenoxy) is 2. The van der Waals surface area contributed by atoms with Gasteiger partial charge in [0.2, 0.25) is 0 Å². The third kappa shape index (κ3) is 2.90. The molecule has 0 aliphatic carbocycles. The predicted molar refractivity (Wildman–Crippen MR) is 81.8 cm³/mol. The van der Waals surface area contributed by atoms with Gasteiger partial charge in [0.25, 0.3) is 0 Å². The van der Waals surface area contributed by atoms with Crippen LogP contribution in [0.2, 0.25) is 0 Å². The molecule has 3 rings (SSSR count). The van der Waals surface area contributed by atoms with Gasteiger partial charge in [-0.1, -0.05) is 6.07 Å². The monoisotopic (exact) mass is 332 g/mol. The Balaban J connectivity index is 1.89. The molecule has 0 aromatic heterocycles. The Hall–Kier alpha value is -3.02. The zero-order valence-electron chi connectivity index (χ0n) is 12.5. The van der Waals surface area contributed by atoms with Gasteiger partial charge < -0.3 is 9.47 Å². The van der Waals surface area contributed by atoms with E-state index in [2.05, 4.69) is 0 Å². The molecule has 3 aromatic carbocycles. The van der Waals surface area contributed by atoms with Crippen LogP contribution < -0.4 is 9.47 Å². The molecule has 0 N–H and O–H groups in total. The number of benzene rings is 3. The number of carbonyl (C=O) groups is 1. The van der Waals surface area contributed by atoms with E-state index in [1.807, 2.05) is 0 Å². The molecule has 0 spiro atoms. The second-order valence-electron chi connectivity index (χ2n) is 4.98. The minimum absolute atomic E-state index is 0.0606. The summed E-state index contributed by atoms with van der Waals surface area (Å²) in [4.78, 5) is 12.1. The summed E-state index contributed by atoms with van der Waals surface area (Å²) in [6.45, 7) is 0. The average molecular weight is 332 g/mol. The van der Waals surface area contributed by atoms with Gasteiger partial charge in [0, 0.05) is 11.5 Å². The predicted octanol–water partition coefficient (Wildman–Crippen LogP) is 4.48. The van der Waals surface area contributed by atoms with Crippen molar-refractivity contribution in [2.75, 3.05) is 7.11 Å². The smallest absolute Gasteiger partial charge is 0.346 e. The maximum Gasteiger partial charge on any atom is 0.346 e. The molecule has 6 heteroatoms. The van der Waals surface area contributed by atoms with Crippen molar-refractivity contribution in [3.63, 3.8) is 0 Å². The molecule has 0 amide bonds. The lowest BCUT2D eigenvalue weighted by Gasteiger charge is -2.08. The lowest BCUT2D eigenvalue weighted by Crippen LogP contribution is -2.10. The second kappa shape index (κ2) is 6.23. The van der Waals surface area contributed by atoms with Crippen molar-refractivity contribution in [1.82, 2.24) is 0 Å². The van der Waals surface area contributed by atoms with Gasteiger partial charge in [-0.15, -0.1) is 0 Å². The minimum atomic E-state index is -0.980. The Morgan fingerprint density at radius 2 is 1.62 bits per heavy atom. The first-order chi connectivity index (χ1) is 11.5. The molecular formula is C18H11F3O3. The number of esters is 1. The summed E-state index contributed by atoms with van der Waals surface area (Å²) in [7, 11) is 1.38. The fourth-order valence-corrected chi connectivity index (χ4v) is 2.26. The number of rotatable bonds is 3. The summed E-state index contributed by atoms with van der Waals surface area (Å²) in [5, 5.41) is 0.417. The number of methoxy groups -OCH3 is 1. The highest BCUT2D eigenvalue weighted by atomic mass is 19.2. The lowest BCUT2D eigenvalue weighted by atomic mass is 10.1. The zero-order valence-corrected chi connectivity index (χ0v) is 12.5. The topological polar surface area (TPSA) is 35.5 Å². The average Bonchev–Trinajstić information content (AvgIpc) is 2.58. The van der Waals surface area contributed by atoms with Crippen LogP contribution in [0.1, 0.15) is 10.4 Å². The Labute approximate surface area is 135 Å². The molecule has 3 nitrogen and oxygen atoms in total. The van der Waals surface area contributed by atoms with E-state index in [-0.39, 0.29) is 22.4 Å². The van der Waals surface area contributed by atoms with Gasteiger partial charge in [-0.3, -0.25) is 0 Å². The van der Waals surface area contributed by atoms with Gasteiger partial charge in [-0.05, 0) is 41.8 Å². The fourth-order valence-electron chi connectivity index (χ4n) is 2.26. The third-order valence-corrected chi connectivity index (χ3v) is 3.49. The number of fused-ring (bicyclic) bond motifs is 1. The molecule has 0 saturated heterocycles. The normalized spacial score (nSPS) is 10.7. The van der Waals surface area contributed by atoms with Gasteiger partial charge >= 0.3 is 5.97 Å². The van der Waals surface area contributed by atoms with Gasteiger partial charge in [-0.25, -0.2) is 18.0 Å². The molecule has 0 bridgehead atoms. The standard InChI is InChI=1S/C18H11F3O3/c1-23-11-3-6-14(16(20)9-11)18(22)24-12-4-5-13-10(8-12)2-7-15(19)17(13)21/h2-9H,1H3. The van der Waals surface area contributed by atoms with Crippen LogP contribution in [0.25, 0.3) is 10.8 Å². The van der Waals surface area contributed by atoms with Crippen molar-refractivity contribution in [1.29, 1.82) is 0 Å². The zero-order chi connectivity index (χ0) is 17.3. The summed E-state index contributed by atoms with van der Waals surface area (Å²) in [5.41, 5.74) is -0.263. The van der Waals surface area contributed by atoms with Crippen molar-refractivity contribution >= 4 is 16.7 Å². The molecule has 0 fully saturated rings. The van der Waals surface area contributed by atoms with Crippen LogP contribution in [-0.2, 0) is 0 Å². The van der Waals surface area contributed by atoms with Crippen molar-refractivity contribution in [2.45, 2.75) is 0 Å². The van der Waals surface area contributed by atoms with Crippen LogP contribution in [0.4, 0.5) is 13.2 Å². The molecule has 0 atom stereocenters. The Morgan fingerprint density at radius 1 is 0.875 bits per heavy atom. The van der Waals surface area contributed by atoms with Crippen molar-refractivity contribution in [3.8, 4) is 11.5 Å². The van der Waals surface area contributed by atoms with Crippen LogP contribution in [0.3, 0.4) is 0 Å². The summed E-state index contributed by atoms with van der Waals surface area (Å²) in [5.74, 6) is -3.27. The van der Waals surface area contributed by atoms with Gasteiger partial charge in [0.1, 0.15) is 17.3 Å². The largest absolute Gasteiger partial charge is 0.497 e. The molecule has 0 aliphatic heterocycles. The molecular weight excluding hydrogens is 321 g/mol. The third-order valence-electron chi connectivity index (χ3n) is 3.49. The Kier molecular flexibility index (Phi) is 4.12. The highest BCUT2D eigenvalue weighted by molar-refractivity contribution is 5.92. The van der Waals surface area contributed by atoms with E-state index < -0.39 is 23.4 Å². The Morgan fingerprint density at radius 3 is 2.33 bits per heavy atom. The van der Waals surface area contributed by atoms with Crippen LogP contribution in [0.5, 0.6) is 11.5 Å². The second-order valence-corrected chi connectivity index (χ2v) is 4.98.